The third kappa shape index (κ3) is 5.34. The first-order valence-corrected chi connectivity index (χ1v) is 9.75. The Morgan fingerprint density at radius 3 is 2.30 bits per heavy atom. The molecular weight excluding hydrogens is 389 g/mol. The Morgan fingerprint density at radius 1 is 1.00 bits per heavy atom. The highest BCUT2D eigenvalue weighted by Gasteiger charge is 2.25. The molecule has 1 heterocycles. The normalized spacial score (nSPS) is 14.7. The number of anilines is 1. The summed E-state index contributed by atoms with van der Waals surface area (Å²) in [6, 6.07) is 14.1. The van der Waals surface area contributed by atoms with Gasteiger partial charge in [0.15, 0.2) is 6.61 Å². The average molecular weight is 413 g/mol. The van der Waals surface area contributed by atoms with E-state index < -0.39 is 24.5 Å². The lowest BCUT2D eigenvalue weighted by molar-refractivity contribution is -0.153. The molecule has 8 heteroatoms. The minimum Gasteiger partial charge on any atom is -0.454 e. The molecule has 2 aromatic rings. The van der Waals surface area contributed by atoms with Gasteiger partial charge in [0.25, 0.3) is 11.8 Å². The predicted molar refractivity (Wildman–Crippen MR) is 110 cm³/mol. The van der Waals surface area contributed by atoms with E-state index in [4.69, 9.17) is 4.74 Å². The second-order valence-electron chi connectivity index (χ2n) is 6.99. The molecule has 1 fully saturated rings. The molecule has 0 saturated carbocycles. The summed E-state index contributed by atoms with van der Waals surface area (Å²) in [6.07, 6.45) is 0. The number of amides is 2. The van der Waals surface area contributed by atoms with Gasteiger partial charge in [0.2, 0.25) is 0 Å². The summed E-state index contributed by atoms with van der Waals surface area (Å²) in [7, 11) is 0. The average Bonchev–Trinajstić information content (AvgIpc) is 2.78. The molecule has 0 radical (unpaired) electrons. The largest absolute Gasteiger partial charge is 0.454 e. The van der Waals surface area contributed by atoms with Crippen LogP contribution >= 0.6 is 0 Å². The first-order valence-electron chi connectivity index (χ1n) is 9.75. The zero-order chi connectivity index (χ0) is 21.5. The van der Waals surface area contributed by atoms with Crippen LogP contribution in [0.5, 0.6) is 0 Å². The number of carbonyl (C=O) groups excluding carboxylic acids is 3. The number of benzene rings is 2. The standard InChI is InChI=1S/C22H24FN3O4/c1-16(24-21(28)17-7-3-2-4-8-17)22(29)30-15-20(27)26-13-11-25(12-14-26)19-10-6-5-9-18(19)23/h2-10,16H,11-15H2,1H3,(H,24,28)/t16-/m0/s1. The van der Waals surface area contributed by atoms with Crippen molar-refractivity contribution in [2.45, 2.75) is 13.0 Å². The number of nitrogens with zero attached hydrogens (tertiary/aromatic N) is 2. The van der Waals surface area contributed by atoms with Gasteiger partial charge in [0, 0.05) is 31.7 Å². The molecule has 0 spiro atoms. The molecule has 1 atom stereocenters. The maximum atomic E-state index is 13.9. The van der Waals surface area contributed by atoms with E-state index in [0.717, 1.165) is 0 Å². The van der Waals surface area contributed by atoms with Gasteiger partial charge < -0.3 is 19.9 Å². The SMILES string of the molecule is C[C@H](NC(=O)c1ccccc1)C(=O)OCC(=O)N1CCN(c2ccccc2F)CC1. The summed E-state index contributed by atoms with van der Waals surface area (Å²) in [5, 5.41) is 2.55. The highest BCUT2D eigenvalue weighted by molar-refractivity contribution is 5.96. The molecule has 2 aromatic carbocycles. The van der Waals surface area contributed by atoms with Gasteiger partial charge in [-0.1, -0.05) is 30.3 Å². The topological polar surface area (TPSA) is 78.9 Å². The smallest absolute Gasteiger partial charge is 0.328 e. The van der Waals surface area contributed by atoms with Crippen molar-refractivity contribution in [2.75, 3.05) is 37.7 Å². The van der Waals surface area contributed by atoms with Gasteiger partial charge in [0.1, 0.15) is 11.9 Å². The monoisotopic (exact) mass is 413 g/mol. The minimum absolute atomic E-state index is 0.294. The number of rotatable bonds is 6. The van der Waals surface area contributed by atoms with Gasteiger partial charge in [-0.2, -0.15) is 0 Å². The number of para-hydroxylation sites is 1. The van der Waals surface area contributed by atoms with E-state index in [9.17, 15) is 18.8 Å². The van der Waals surface area contributed by atoms with Crippen LogP contribution in [0.2, 0.25) is 0 Å². The molecule has 1 saturated heterocycles. The lowest BCUT2D eigenvalue weighted by Crippen LogP contribution is -2.50. The lowest BCUT2D eigenvalue weighted by atomic mass is 10.2. The fraction of sp³-hybridized carbons (Fsp3) is 0.318. The molecule has 0 aliphatic carbocycles. The van der Waals surface area contributed by atoms with Crippen molar-refractivity contribution in [3.05, 3.63) is 66.0 Å². The maximum absolute atomic E-state index is 13.9. The van der Waals surface area contributed by atoms with Gasteiger partial charge in [0.05, 0.1) is 5.69 Å². The van der Waals surface area contributed by atoms with Gasteiger partial charge in [-0.3, -0.25) is 9.59 Å². The van der Waals surface area contributed by atoms with E-state index in [-0.39, 0.29) is 11.7 Å². The molecule has 3 rings (SSSR count). The van der Waals surface area contributed by atoms with Crippen LogP contribution < -0.4 is 10.2 Å². The zero-order valence-corrected chi connectivity index (χ0v) is 16.7. The summed E-state index contributed by atoms with van der Waals surface area (Å²) in [4.78, 5) is 40.0. The van der Waals surface area contributed by atoms with Crippen molar-refractivity contribution in [2.24, 2.45) is 0 Å². The molecule has 0 unspecified atom stereocenters. The van der Waals surface area contributed by atoms with Gasteiger partial charge >= 0.3 is 5.97 Å². The first kappa shape index (κ1) is 21.3. The summed E-state index contributed by atoms with van der Waals surface area (Å²) in [5.41, 5.74) is 0.944. The molecule has 2 amide bonds. The fourth-order valence-electron chi connectivity index (χ4n) is 3.18. The number of nitrogens with one attached hydrogen (secondary N) is 1. The lowest BCUT2D eigenvalue weighted by Gasteiger charge is -2.36. The molecular formula is C22H24FN3O4. The number of piperazine rings is 1. The fourth-order valence-corrected chi connectivity index (χ4v) is 3.18. The third-order valence-corrected chi connectivity index (χ3v) is 4.90. The number of esters is 1. The van der Waals surface area contributed by atoms with Gasteiger partial charge in [-0.15, -0.1) is 0 Å². The van der Waals surface area contributed by atoms with E-state index in [1.807, 2.05) is 4.90 Å². The van der Waals surface area contributed by atoms with Crippen LogP contribution in [0.3, 0.4) is 0 Å². The predicted octanol–water partition coefficient (Wildman–Crippen LogP) is 1.84. The van der Waals surface area contributed by atoms with Crippen LogP contribution in [-0.2, 0) is 14.3 Å². The van der Waals surface area contributed by atoms with E-state index >= 15 is 0 Å². The molecule has 1 aliphatic rings. The Balaban J connectivity index is 1.42. The summed E-state index contributed by atoms with van der Waals surface area (Å²) < 4.78 is 19.0. The quantitative estimate of drug-likeness (QED) is 0.731. The molecule has 0 bridgehead atoms. The summed E-state index contributed by atoms with van der Waals surface area (Å²) >= 11 is 0. The second kappa shape index (κ2) is 9.87. The number of hydrogen-bond donors (Lipinski definition) is 1. The van der Waals surface area contributed by atoms with E-state index in [1.54, 1.807) is 53.4 Å². The Bertz CT molecular complexity index is 898. The van der Waals surface area contributed by atoms with Crippen LogP contribution in [0.1, 0.15) is 17.3 Å². The van der Waals surface area contributed by atoms with Crippen LogP contribution in [-0.4, -0.2) is 61.5 Å². The zero-order valence-electron chi connectivity index (χ0n) is 16.7. The van der Waals surface area contributed by atoms with Crippen LogP contribution in [0.25, 0.3) is 0 Å². The molecule has 1 N–H and O–H groups in total. The van der Waals surface area contributed by atoms with Gasteiger partial charge in [-0.05, 0) is 31.2 Å². The number of halogens is 1. The number of carbonyl (C=O) groups is 3. The third-order valence-electron chi connectivity index (χ3n) is 4.90. The second-order valence-corrected chi connectivity index (χ2v) is 6.99. The Labute approximate surface area is 174 Å². The first-order chi connectivity index (χ1) is 14.5. The minimum atomic E-state index is -0.886. The molecule has 7 nitrogen and oxygen atoms in total. The van der Waals surface area contributed by atoms with Crippen molar-refractivity contribution in [3.8, 4) is 0 Å². The van der Waals surface area contributed by atoms with Crippen molar-refractivity contribution in [1.82, 2.24) is 10.2 Å². The van der Waals surface area contributed by atoms with E-state index in [2.05, 4.69) is 5.32 Å². The Morgan fingerprint density at radius 2 is 1.63 bits per heavy atom. The number of ether oxygens (including phenoxy) is 1. The van der Waals surface area contributed by atoms with Crippen LogP contribution in [0.15, 0.2) is 54.6 Å². The molecule has 158 valence electrons. The van der Waals surface area contributed by atoms with Crippen molar-refractivity contribution >= 4 is 23.5 Å². The highest BCUT2D eigenvalue weighted by Crippen LogP contribution is 2.20. The van der Waals surface area contributed by atoms with E-state index in [1.165, 1.54) is 13.0 Å². The highest BCUT2D eigenvalue weighted by atomic mass is 19.1. The Kier molecular flexibility index (Phi) is 7.00. The molecule has 0 aromatic heterocycles. The van der Waals surface area contributed by atoms with Crippen molar-refractivity contribution in [3.63, 3.8) is 0 Å². The van der Waals surface area contributed by atoms with Crippen molar-refractivity contribution in [1.29, 1.82) is 0 Å². The number of hydrogen-bond acceptors (Lipinski definition) is 5. The van der Waals surface area contributed by atoms with Crippen LogP contribution in [0, 0.1) is 5.82 Å². The summed E-state index contributed by atoms with van der Waals surface area (Å²) in [6.45, 7) is 2.90. The van der Waals surface area contributed by atoms with Crippen LogP contribution in [0.4, 0.5) is 10.1 Å². The van der Waals surface area contributed by atoms with E-state index in [0.29, 0.717) is 37.4 Å². The van der Waals surface area contributed by atoms with Gasteiger partial charge in [-0.25, -0.2) is 9.18 Å². The Hall–Kier alpha value is -3.42. The summed E-state index contributed by atoms with van der Waals surface area (Å²) in [5.74, 6) is -1.69. The maximum Gasteiger partial charge on any atom is 0.328 e. The molecule has 30 heavy (non-hydrogen) atoms. The van der Waals surface area contributed by atoms with Crippen molar-refractivity contribution < 1.29 is 23.5 Å². The molecule has 1 aliphatic heterocycles.